The minimum atomic E-state index is -0.553. The molecule has 0 saturated carbocycles. The van der Waals surface area contributed by atoms with Crippen molar-refractivity contribution in [1.82, 2.24) is 10.6 Å². The van der Waals surface area contributed by atoms with Crippen LogP contribution in [0.3, 0.4) is 0 Å². The van der Waals surface area contributed by atoms with E-state index in [9.17, 15) is 9.59 Å². The van der Waals surface area contributed by atoms with Crippen LogP contribution >= 0.6 is 0 Å². The van der Waals surface area contributed by atoms with E-state index in [0.717, 1.165) is 19.3 Å². The lowest BCUT2D eigenvalue weighted by molar-refractivity contribution is -0.124. The van der Waals surface area contributed by atoms with Gasteiger partial charge >= 0.3 is 6.03 Å². The van der Waals surface area contributed by atoms with Crippen LogP contribution in [-0.2, 0) is 4.79 Å². The Balaban J connectivity index is 2.53. The third-order valence-corrected chi connectivity index (χ3v) is 3.90. The standard InChI is InChI=1S/C19H31N3O2/c1-5-6-8-11-15(4)20-18(23)17(14(2)3)22-19(24)21-16-12-9-7-10-13-16/h7,9-10,12-15,17H,5-6,8,11H2,1-4H3,(H,20,23)(H2,21,22,24). The summed E-state index contributed by atoms with van der Waals surface area (Å²) in [5, 5.41) is 8.53. The van der Waals surface area contributed by atoms with Crippen LogP contribution in [0.15, 0.2) is 30.3 Å². The number of anilines is 1. The van der Waals surface area contributed by atoms with Gasteiger partial charge in [0.25, 0.3) is 0 Å². The Morgan fingerprint density at radius 3 is 2.25 bits per heavy atom. The molecule has 2 unspecified atom stereocenters. The van der Waals surface area contributed by atoms with E-state index in [1.165, 1.54) is 6.42 Å². The van der Waals surface area contributed by atoms with Crippen molar-refractivity contribution in [2.75, 3.05) is 5.32 Å². The van der Waals surface area contributed by atoms with E-state index in [0.29, 0.717) is 5.69 Å². The minimum Gasteiger partial charge on any atom is -0.352 e. The normalized spacial score (nSPS) is 13.2. The van der Waals surface area contributed by atoms with E-state index >= 15 is 0 Å². The second kappa shape index (κ2) is 10.7. The van der Waals surface area contributed by atoms with Crippen LogP contribution in [-0.4, -0.2) is 24.0 Å². The van der Waals surface area contributed by atoms with Crippen LogP contribution in [0.1, 0.15) is 53.4 Å². The summed E-state index contributed by atoms with van der Waals surface area (Å²) in [6.07, 6.45) is 4.40. The molecular formula is C19H31N3O2. The van der Waals surface area contributed by atoms with Crippen molar-refractivity contribution in [3.05, 3.63) is 30.3 Å². The maximum Gasteiger partial charge on any atom is 0.319 e. The Bertz CT molecular complexity index is 503. The molecule has 0 radical (unpaired) electrons. The van der Waals surface area contributed by atoms with Gasteiger partial charge in [0.05, 0.1) is 0 Å². The van der Waals surface area contributed by atoms with E-state index in [-0.39, 0.29) is 23.9 Å². The number of benzene rings is 1. The third kappa shape index (κ3) is 7.49. The Kier molecular flexibility index (Phi) is 8.90. The molecule has 0 heterocycles. The molecule has 1 aromatic carbocycles. The van der Waals surface area contributed by atoms with E-state index in [1.54, 1.807) is 12.1 Å². The first-order valence-electron chi connectivity index (χ1n) is 8.87. The molecule has 0 spiro atoms. The Labute approximate surface area is 145 Å². The Hall–Kier alpha value is -2.04. The van der Waals surface area contributed by atoms with Gasteiger partial charge in [-0.25, -0.2) is 4.79 Å². The highest BCUT2D eigenvalue weighted by Gasteiger charge is 2.25. The molecule has 5 heteroatoms. The van der Waals surface area contributed by atoms with Gasteiger partial charge in [-0.15, -0.1) is 0 Å². The summed E-state index contributed by atoms with van der Waals surface area (Å²) in [4.78, 5) is 24.6. The molecule has 0 aliphatic carbocycles. The fraction of sp³-hybridized carbons (Fsp3) is 0.579. The maximum absolute atomic E-state index is 12.5. The van der Waals surface area contributed by atoms with Crippen LogP contribution in [0, 0.1) is 5.92 Å². The lowest BCUT2D eigenvalue weighted by Crippen LogP contribution is -2.52. The molecule has 134 valence electrons. The molecule has 0 bridgehead atoms. The zero-order chi connectivity index (χ0) is 17.9. The summed E-state index contributed by atoms with van der Waals surface area (Å²) in [5.41, 5.74) is 0.700. The number of hydrogen-bond donors (Lipinski definition) is 3. The number of urea groups is 1. The number of unbranched alkanes of at least 4 members (excludes halogenated alkanes) is 2. The highest BCUT2D eigenvalue weighted by Crippen LogP contribution is 2.08. The highest BCUT2D eigenvalue weighted by molar-refractivity contribution is 5.93. The van der Waals surface area contributed by atoms with Crippen LogP contribution in [0.2, 0.25) is 0 Å². The van der Waals surface area contributed by atoms with Gasteiger partial charge in [-0.3, -0.25) is 4.79 Å². The smallest absolute Gasteiger partial charge is 0.319 e. The molecule has 2 atom stereocenters. The van der Waals surface area contributed by atoms with Gasteiger partial charge in [-0.1, -0.05) is 58.2 Å². The predicted molar refractivity (Wildman–Crippen MR) is 99.0 cm³/mol. The number of amides is 3. The monoisotopic (exact) mass is 333 g/mol. The predicted octanol–water partition coefficient (Wildman–Crippen LogP) is 3.92. The molecule has 3 N–H and O–H groups in total. The van der Waals surface area contributed by atoms with Crippen molar-refractivity contribution in [2.24, 2.45) is 5.92 Å². The van der Waals surface area contributed by atoms with E-state index < -0.39 is 6.04 Å². The van der Waals surface area contributed by atoms with Gasteiger partial charge in [-0.2, -0.15) is 0 Å². The van der Waals surface area contributed by atoms with Gasteiger partial charge in [0.1, 0.15) is 6.04 Å². The first kappa shape index (κ1) is 20.0. The molecule has 0 aliphatic rings. The zero-order valence-electron chi connectivity index (χ0n) is 15.3. The number of hydrogen-bond acceptors (Lipinski definition) is 2. The van der Waals surface area contributed by atoms with Crippen LogP contribution < -0.4 is 16.0 Å². The van der Waals surface area contributed by atoms with E-state index in [2.05, 4.69) is 22.9 Å². The van der Waals surface area contributed by atoms with Crippen molar-refractivity contribution in [3.8, 4) is 0 Å². The second-order valence-electron chi connectivity index (χ2n) is 6.59. The third-order valence-electron chi connectivity index (χ3n) is 3.90. The number of para-hydroxylation sites is 1. The highest BCUT2D eigenvalue weighted by atomic mass is 16.2. The van der Waals surface area contributed by atoms with Gasteiger partial charge in [0.15, 0.2) is 0 Å². The van der Waals surface area contributed by atoms with Crippen LogP contribution in [0.5, 0.6) is 0 Å². The summed E-state index contributed by atoms with van der Waals surface area (Å²) < 4.78 is 0. The topological polar surface area (TPSA) is 70.2 Å². The molecule has 5 nitrogen and oxygen atoms in total. The summed E-state index contributed by atoms with van der Waals surface area (Å²) in [6.45, 7) is 8.02. The first-order chi connectivity index (χ1) is 11.4. The Morgan fingerprint density at radius 1 is 1.00 bits per heavy atom. The van der Waals surface area contributed by atoms with Crippen molar-refractivity contribution >= 4 is 17.6 Å². The van der Waals surface area contributed by atoms with Crippen LogP contribution in [0.25, 0.3) is 0 Å². The average Bonchev–Trinajstić information content (AvgIpc) is 2.53. The number of nitrogens with one attached hydrogen (secondary N) is 3. The van der Waals surface area contributed by atoms with Gasteiger partial charge in [0, 0.05) is 11.7 Å². The fourth-order valence-electron chi connectivity index (χ4n) is 2.47. The van der Waals surface area contributed by atoms with E-state index in [1.807, 2.05) is 39.0 Å². The van der Waals surface area contributed by atoms with Crippen molar-refractivity contribution in [1.29, 1.82) is 0 Å². The lowest BCUT2D eigenvalue weighted by Gasteiger charge is -2.24. The van der Waals surface area contributed by atoms with Crippen molar-refractivity contribution in [2.45, 2.75) is 65.5 Å². The van der Waals surface area contributed by atoms with Gasteiger partial charge in [0.2, 0.25) is 5.91 Å². The van der Waals surface area contributed by atoms with Crippen molar-refractivity contribution < 1.29 is 9.59 Å². The fourth-order valence-corrected chi connectivity index (χ4v) is 2.47. The summed E-state index contributed by atoms with van der Waals surface area (Å²) in [7, 11) is 0. The molecule has 3 amide bonds. The number of rotatable bonds is 9. The molecule has 24 heavy (non-hydrogen) atoms. The molecule has 0 aliphatic heterocycles. The number of carbonyl (C=O) groups is 2. The van der Waals surface area contributed by atoms with Crippen molar-refractivity contribution in [3.63, 3.8) is 0 Å². The SMILES string of the molecule is CCCCCC(C)NC(=O)C(NC(=O)Nc1ccccc1)C(C)C. The number of carbonyl (C=O) groups excluding carboxylic acids is 2. The quantitative estimate of drug-likeness (QED) is 0.600. The molecule has 1 aromatic rings. The molecule has 1 rings (SSSR count). The first-order valence-corrected chi connectivity index (χ1v) is 8.87. The van der Waals surface area contributed by atoms with Gasteiger partial charge < -0.3 is 16.0 Å². The Morgan fingerprint density at radius 2 is 1.67 bits per heavy atom. The molecular weight excluding hydrogens is 302 g/mol. The van der Waals surface area contributed by atoms with Gasteiger partial charge in [-0.05, 0) is 31.4 Å². The minimum absolute atomic E-state index is 0.00867. The maximum atomic E-state index is 12.5. The average molecular weight is 333 g/mol. The molecule has 0 fully saturated rings. The zero-order valence-corrected chi connectivity index (χ0v) is 15.3. The summed E-state index contributed by atoms with van der Waals surface area (Å²) >= 11 is 0. The molecule has 0 aromatic heterocycles. The lowest BCUT2D eigenvalue weighted by atomic mass is 10.0. The second-order valence-corrected chi connectivity index (χ2v) is 6.59. The largest absolute Gasteiger partial charge is 0.352 e. The van der Waals surface area contributed by atoms with E-state index in [4.69, 9.17) is 0 Å². The molecule has 0 saturated heterocycles. The summed E-state index contributed by atoms with van der Waals surface area (Å²) in [6, 6.07) is 8.38. The summed E-state index contributed by atoms with van der Waals surface area (Å²) in [5.74, 6) is -0.119. The van der Waals surface area contributed by atoms with Crippen LogP contribution in [0.4, 0.5) is 10.5 Å².